The summed E-state index contributed by atoms with van der Waals surface area (Å²) in [6, 6.07) is 11.2. The minimum absolute atomic E-state index is 0.275. The van der Waals surface area contributed by atoms with E-state index in [4.69, 9.17) is 21.7 Å². The zero-order valence-corrected chi connectivity index (χ0v) is 15.1. The van der Waals surface area contributed by atoms with Crippen LogP contribution in [0.25, 0.3) is 6.08 Å². The van der Waals surface area contributed by atoms with Crippen LogP contribution in [0.15, 0.2) is 47.4 Å². The molecular formula is C18H14FNO3S2. The molecule has 0 bridgehead atoms. The second-order valence-electron chi connectivity index (χ2n) is 5.11. The van der Waals surface area contributed by atoms with Gasteiger partial charge < -0.3 is 9.47 Å². The molecule has 3 rings (SSSR count). The maximum absolute atomic E-state index is 13.3. The highest BCUT2D eigenvalue weighted by Gasteiger charge is 2.35. The number of thioether (sulfide) groups is 1. The van der Waals surface area contributed by atoms with Gasteiger partial charge >= 0.3 is 0 Å². The highest BCUT2D eigenvalue weighted by Crippen LogP contribution is 2.41. The van der Waals surface area contributed by atoms with Crippen LogP contribution >= 0.6 is 24.0 Å². The summed E-state index contributed by atoms with van der Waals surface area (Å²) in [6.45, 7) is 0. The highest BCUT2D eigenvalue weighted by molar-refractivity contribution is 8.27. The first-order chi connectivity index (χ1) is 12.0. The number of amides is 1. The van der Waals surface area contributed by atoms with Gasteiger partial charge in [0, 0.05) is 6.07 Å². The maximum atomic E-state index is 13.3. The van der Waals surface area contributed by atoms with Gasteiger partial charge in [-0.3, -0.25) is 9.69 Å². The molecule has 1 amide bonds. The molecule has 1 fully saturated rings. The van der Waals surface area contributed by atoms with Crippen molar-refractivity contribution in [3.8, 4) is 11.5 Å². The lowest BCUT2D eigenvalue weighted by atomic mass is 10.2. The summed E-state index contributed by atoms with van der Waals surface area (Å²) < 4.78 is 24.3. The van der Waals surface area contributed by atoms with E-state index in [1.165, 1.54) is 35.9 Å². The molecule has 7 heteroatoms. The summed E-state index contributed by atoms with van der Waals surface area (Å²) >= 11 is 6.52. The molecule has 0 unspecified atom stereocenters. The Kier molecular flexibility index (Phi) is 5.06. The van der Waals surface area contributed by atoms with Crippen molar-refractivity contribution in [2.75, 3.05) is 19.1 Å². The van der Waals surface area contributed by atoms with Crippen LogP contribution in [-0.2, 0) is 4.79 Å². The standard InChI is InChI=1S/C18H14FNO3S2/c1-22-13-6-7-14(15(10-13)23-2)20-17(21)16(25-18(20)24)9-11-4-3-5-12(19)8-11/h3-10H,1-2H3/b16-9-. The maximum Gasteiger partial charge on any atom is 0.270 e. The number of halogens is 1. The van der Waals surface area contributed by atoms with Gasteiger partial charge in [0.05, 0.1) is 24.8 Å². The number of hydrogen-bond acceptors (Lipinski definition) is 5. The van der Waals surface area contributed by atoms with Crippen molar-refractivity contribution in [3.63, 3.8) is 0 Å². The van der Waals surface area contributed by atoms with Gasteiger partial charge in [0.2, 0.25) is 0 Å². The number of nitrogens with zero attached hydrogens (tertiary/aromatic N) is 1. The average Bonchev–Trinajstić information content (AvgIpc) is 2.88. The third kappa shape index (κ3) is 3.52. The van der Waals surface area contributed by atoms with Crippen molar-refractivity contribution in [1.29, 1.82) is 0 Å². The van der Waals surface area contributed by atoms with Gasteiger partial charge in [0.15, 0.2) is 4.32 Å². The fourth-order valence-corrected chi connectivity index (χ4v) is 3.68. The van der Waals surface area contributed by atoms with E-state index in [9.17, 15) is 9.18 Å². The van der Waals surface area contributed by atoms with E-state index in [-0.39, 0.29) is 11.7 Å². The molecule has 25 heavy (non-hydrogen) atoms. The van der Waals surface area contributed by atoms with Crippen molar-refractivity contribution < 1.29 is 18.7 Å². The van der Waals surface area contributed by atoms with Gasteiger partial charge in [-0.25, -0.2) is 4.39 Å². The van der Waals surface area contributed by atoms with E-state index in [2.05, 4.69) is 0 Å². The third-order valence-corrected chi connectivity index (χ3v) is 4.87. The lowest BCUT2D eigenvalue weighted by Crippen LogP contribution is -2.27. The molecule has 0 aliphatic carbocycles. The van der Waals surface area contributed by atoms with Crippen molar-refractivity contribution in [3.05, 3.63) is 58.8 Å². The Morgan fingerprint density at radius 3 is 2.64 bits per heavy atom. The van der Waals surface area contributed by atoms with E-state index < -0.39 is 0 Å². The van der Waals surface area contributed by atoms with Crippen molar-refractivity contribution >= 4 is 46.0 Å². The predicted molar refractivity (Wildman–Crippen MR) is 102 cm³/mol. The predicted octanol–water partition coefficient (Wildman–Crippen LogP) is 4.25. The Labute approximate surface area is 154 Å². The molecule has 2 aromatic rings. The second-order valence-corrected chi connectivity index (χ2v) is 6.79. The van der Waals surface area contributed by atoms with Gasteiger partial charge in [-0.2, -0.15) is 0 Å². The highest BCUT2D eigenvalue weighted by atomic mass is 32.2. The SMILES string of the molecule is COc1ccc(N2C(=O)/C(=C/c3cccc(F)c3)SC2=S)c(OC)c1. The van der Waals surface area contributed by atoms with Crippen molar-refractivity contribution in [1.82, 2.24) is 0 Å². The van der Waals surface area contributed by atoms with E-state index in [0.717, 1.165) is 0 Å². The molecule has 2 aromatic carbocycles. The number of carbonyl (C=O) groups is 1. The summed E-state index contributed by atoms with van der Waals surface area (Å²) in [5, 5.41) is 0. The number of rotatable bonds is 4. The number of hydrogen-bond donors (Lipinski definition) is 0. The van der Waals surface area contributed by atoms with Crippen LogP contribution in [0, 0.1) is 5.82 Å². The number of methoxy groups -OCH3 is 2. The van der Waals surface area contributed by atoms with Gasteiger partial charge in [-0.1, -0.05) is 36.1 Å². The minimum Gasteiger partial charge on any atom is -0.497 e. The van der Waals surface area contributed by atoms with E-state index in [1.807, 2.05) is 0 Å². The summed E-state index contributed by atoms with van der Waals surface area (Å²) in [5.74, 6) is 0.452. The summed E-state index contributed by atoms with van der Waals surface area (Å²) in [6.07, 6.45) is 1.62. The summed E-state index contributed by atoms with van der Waals surface area (Å²) in [5.41, 5.74) is 1.13. The van der Waals surface area contributed by atoms with Gasteiger partial charge in [-0.05, 0) is 35.9 Å². The molecule has 0 atom stereocenters. The van der Waals surface area contributed by atoms with Crippen LogP contribution < -0.4 is 14.4 Å². The van der Waals surface area contributed by atoms with E-state index >= 15 is 0 Å². The first-order valence-corrected chi connectivity index (χ1v) is 8.51. The first kappa shape index (κ1) is 17.4. The number of thiocarbonyl (C=S) groups is 1. The molecule has 0 N–H and O–H groups in total. The van der Waals surface area contributed by atoms with Gasteiger partial charge in [0.25, 0.3) is 5.91 Å². The quantitative estimate of drug-likeness (QED) is 0.590. The van der Waals surface area contributed by atoms with Crippen LogP contribution in [0.2, 0.25) is 0 Å². The minimum atomic E-state index is -0.360. The van der Waals surface area contributed by atoms with E-state index in [0.29, 0.717) is 32.0 Å². The molecular weight excluding hydrogens is 361 g/mol. The van der Waals surface area contributed by atoms with Crippen molar-refractivity contribution in [2.24, 2.45) is 0 Å². The molecule has 1 aliphatic rings. The van der Waals surface area contributed by atoms with Crippen molar-refractivity contribution in [2.45, 2.75) is 0 Å². The van der Waals surface area contributed by atoms with E-state index in [1.54, 1.807) is 43.5 Å². The number of anilines is 1. The van der Waals surface area contributed by atoms with Crippen LogP contribution in [0.5, 0.6) is 11.5 Å². The van der Waals surface area contributed by atoms with Crippen LogP contribution in [0.3, 0.4) is 0 Å². The number of carbonyl (C=O) groups excluding carboxylic acids is 1. The van der Waals surface area contributed by atoms with Crippen LogP contribution in [0.4, 0.5) is 10.1 Å². The van der Waals surface area contributed by atoms with Gasteiger partial charge in [-0.15, -0.1) is 0 Å². The fraction of sp³-hybridized carbons (Fsp3) is 0.111. The Balaban J connectivity index is 1.97. The summed E-state index contributed by atoms with van der Waals surface area (Å²) in [7, 11) is 3.06. The average molecular weight is 375 g/mol. The Bertz CT molecular complexity index is 882. The lowest BCUT2D eigenvalue weighted by Gasteiger charge is -2.18. The monoisotopic (exact) mass is 375 g/mol. The zero-order valence-electron chi connectivity index (χ0n) is 13.5. The molecule has 0 spiro atoms. The number of benzene rings is 2. The van der Waals surface area contributed by atoms with Gasteiger partial charge in [0.1, 0.15) is 17.3 Å². The molecule has 128 valence electrons. The molecule has 1 aliphatic heterocycles. The first-order valence-electron chi connectivity index (χ1n) is 7.29. The molecule has 4 nitrogen and oxygen atoms in total. The third-order valence-electron chi connectivity index (χ3n) is 3.57. The summed E-state index contributed by atoms with van der Waals surface area (Å²) in [4.78, 5) is 14.6. The van der Waals surface area contributed by atoms with Crippen LogP contribution in [0.1, 0.15) is 5.56 Å². The normalized spacial score (nSPS) is 15.8. The smallest absolute Gasteiger partial charge is 0.270 e. The lowest BCUT2D eigenvalue weighted by molar-refractivity contribution is -0.113. The molecule has 0 radical (unpaired) electrons. The number of ether oxygens (including phenoxy) is 2. The molecule has 1 saturated heterocycles. The Hall–Kier alpha value is -2.38. The Morgan fingerprint density at radius 2 is 1.96 bits per heavy atom. The van der Waals surface area contributed by atoms with Crippen LogP contribution in [-0.4, -0.2) is 24.4 Å². The zero-order chi connectivity index (χ0) is 18.0. The largest absolute Gasteiger partial charge is 0.497 e. The topological polar surface area (TPSA) is 38.8 Å². The fourth-order valence-electron chi connectivity index (χ4n) is 2.39. The molecule has 0 saturated carbocycles. The Morgan fingerprint density at radius 1 is 1.16 bits per heavy atom. The molecule has 1 heterocycles. The second kappa shape index (κ2) is 7.25. The molecule has 0 aromatic heterocycles.